The minimum absolute atomic E-state index is 0.0747. The molecule has 0 saturated carbocycles. The molecule has 2 rings (SSSR count). The molecule has 1 aromatic heterocycles. The molecule has 5 nitrogen and oxygen atoms in total. The van der Waals surface area contributed by atoms with Crippen molar-refractivity contribution >= 4 is 28.6 Å². The number of hydrogen-bond donors (Lipinski definition) is 1. The molecule has 2 aromatic rings. The summed E-state index contributed by atoms with van der Waals surface area (Å²) in [6, 6.07) is 7.25. The van der Waals surface area contributed by atoms with Crippen molar-refractivity contribution in [3.63, 3.8) is 0 Å². The van der Waals surface area contributed by atoms with Crippen molar-refractivity contribution in [2.45, 2.75) is 30.8 Å². The molecule has 0 spiro atoms. The van der Waals surface area contributed by atoms with E-state index in [0.29, 0.717) is 29.1 Å². The van der Waals surface area contributed by atoms with Gasteiger partial charge in [-0.15, -0.1) is 6.58 Å². The van der Waals surface area contributed by atoms with Gasteiger partial charge in [0.2, 0.25) is 5.91 Å². The lowest BCUT2D eigenvalue weighted by Crippen LogP contribution is -2.32. The highest BCUT2D eigenvalue weighted by atomic mass is 32.2. The second-order valence-electron chi connectivity index (χ2n) is 4.75. The zero-order valence-corrected chi connectivity index (χ0v) is 13.5. The van der Waals surface area contributed by atoms with Gasteiger partial charge in [-0.1, -0.05) is 30.0 Å². The second kappa shape index (κ2) is 7.26. The highest BCUT2D eigenvalue weighted by molar-refractivity contribution is 8.00. The molecule has 6 heteroatoms. The average molecular weight is 317 g/mol. The van der Waals surface area contributed by atoms with Crippen molar-refractivity contribution in [1.29, 1.82) is 0 Å². The third kappa shape index (κ3) is 3.39. The first kappa shape index (κ1) is 16.3. The SMILES string of the molecule is C=CCNC(=O)C(C)Sc1nc2ccccc2c(=O)n1CC. The average Bonchev–Trinajstić information content (AvgIpc) is 2.53. The van der Waals surface area contributed by atoms with E-state index < -0.39 is 0 Å². The molecule has 1 amide bonds. The lowest BCUT2D eigenvalue weighted by Gasteiger charge is -2.14. The maximum atomic E-state index is 12.5. The number of hydrogen-bond acceptors (Lipinski definition) is 4. The molecule has 1 heterocycles. The maximum Gasteiger partial charge on any atom is 0.262 e. The van der Waals surface area contributed by atoms with Crippen molar-refractivity contribution in [2.24, 2.45) is 0 Å². The molecule has 0 aliphatic carbocycles. The summed E-state index contributed by atoms with van der Waals surface area (Å²) < 4.78 is 1.60. The number of benzene rings is 1. The summed E-state index contributed by atoms with van der Waals surface area (Å²) in [5, 5.41) is 3.56. The van der Waals surface area contributed by atoms with Crippen LogP contribution in [0.25, 0.3) is 10.9 Å². The van der Waals surface area contributed by atoms with Crippen LogP contribution >= 0.6 is 11.8 Å². The molecule has 0 aliphatic rings. The van der Waals surface area contributed by atoms with Crippen LogP contribution in [0.15, 0.2) is 46.9 Å². The Morgan fingerprint density at radius 3 is 2.91 bits per heavy atom. The van der Waals surface area contributed by atoms with E-state index >= 15 is 0 Å². The van der Waals surface area contributed by atoms with Crippen LogP contribution < -0.4 is 10.9 Å². The van der Waals surface area contributed by atoms with Crippen LogP contribution in [-0.2, 0) is 11.3 Å². The molecule has 0 aliphatic heterocycles. The smallest absolute Gasteiger partial charge is 0.262 e. The van der Waals surface area contributed by atoms with Gasteiger partial charge in [0.15, 0.2) is 5.16 Å². The summed E-state index contributed by atoms with van der Waals surface area (Å²) in [5.41, 5.74) is 0.577. The molecule has 1 aromatic carbocycles. The third-order valence-electron chi connectivity index (χ3n) is 3.21. The van der Waals surface area contributed by atoms with E-state index in [2.05, 4.69) is 16.9 Å². The second-order valence-corrected chi connectivity index (χ2v) is 6.06. The number of fused-ring (bicyclic) bond motifs is 1. The number of amides is 1. The van der Waals surface area contributed by atoms with E-state index in [1.54, 1.807) is 23.6 Å². The summed E-state index contributed by atoms with van der Waals surface area (Å²) in [4.78, 5) is 29.0. The first-order chi connectivity index (χ1) is 10.6. The van der Waals surface area contributed by atoms with Gasteiger partial charge in [-0.3, -0.25) is 14.2 Å². The molecule has 22 heavy (non-hydrogen) atoms. The van der Waals surface area contributed by atoms with E-state index in [0.717, 1.165) is 0 Å². The van der Waals surface area contributed by atoms with E-state index in [-0.39, 0.29) is 16.7 Å². The van der Waals surface area contributed by atoms with Crippen LogP contribution in [0.5, 0.6) is 0 Å². The van der Waals surface area contributed by atoms with Crippen LogP contribution in [0.1, 0.15) is 13.8 Å². The van der Waals surface area contributed by atoms with Crippen LogP contribution in [0, 0.1) is 0 Å². The van der Waals surface area contributed by atoms with E-state index in [4.69, 9.17) is 0 Å². The number of carbonyl (C=O) groups is 1. The van der Waals surface area contributed by atoms with Gasteiger partial charge in [-0.05, 0) is 26.0 Å². The molecule has 0 radical (unpaired) electrons. The number of nitrogens with one attached hydrogen (secondary N) is 1. The highest BCUT2D eigenvalue weighted by Crippen LogP contribution is 2.22. The summed E-state index contributed by atoms with van der Waals surface area (Å²) >= 11 is 1.29. The van der Waals surface area contributed by atoms with Gasteiger partial charge < -0.3 is 5.32 Å². The molecule has 1 atom stereocenters. The van der Waals surface area contributed by atoms with Crippen LogP contribution in [0.2, 0.25) is 0 Å². The molecule has 1 unspecified atom stereocenters. The monoisotopic (exact) mass is 317 g/mol. The number of carbonyl (C=O) groups excluding carboxylic acids is 1. The number of para-hydroxylation sites is 1. The zero-order chi connectivity index (χ0) is 16.1. The van der Waals surface area contributed by atoms with Gasteiger partial charge in [-0.25, -0.2) is 4.98 Å². The lowest BCUT2D eigenvalue weighted by atomic mass is 10.2. The summed E-state index contributed by atoms with van der Waals surface area (Å²) in [6.07, 6.45) is 1.63. The molecule has 0 saturated heterocycles. The minimum Gasteiger partial charge on any atom is -0.352 e. The number of nitrogens with zero attached hydrogens (tertiary/aromatic N) is 2. The number of aromatic nitrogens is 2. The maximum absolute atomic E-state index is 12.5. The Kier molecular flexibility index (Phi) is 5.38. The molecule has 1 N–H and O–H groups in total. The topological polar surface area (TPSA) is 64.0 Å². The molecular weight excluding hydrogens is 298 g/mol. The Labute approximate surface area is 133 Å². The first-order valence-corrected chi connectivity index (χ1v) is 8.01. The molecular formula is C16H19N3O2S. The highest BCUT2D eigenvalue weighted by Gasteiger charge is 2.18. The minimum atomic E-state index is -0.342. The van der Waals surface area contributed by atoms with Crippen molar-refractivity contribution in [2.75, 3.05) is 6.54 Å². The van der Waals surface area contributed by atoms with Gasteiger partial charge in [0, 0.05) is 13.1 Å². The number of rotatable bonds is 6. The Bertz CT molecular complexity index is 755. The van der Waals surface area contributed by atoms with Gasteiger partial charge in [0.1, 0.15) is 0 Å². The van der Waals surface area contributed by atoms with Gasteiger partial charge in [0.25, 0.3) is 5.56 Å². The summed E-state index contributed by atoms with van der Waals surface area (Å²) in [5.74, 6) is -0.102. The number of thioether (sulfide) groups is 1. The largest absolute Gasteiger partial charge is 0.352 e. The third-order valence-corrected chi connectivity index (χ3v) is 4.31. The fourth-order valence-corrected chi connectivity index (χ4v) is 3.04. The molecule has 0 bridgehead atoms. The molecule has 0 fully saturated rings. The predicted molar refractivity (Wildman–Crippen MR) is 90.2 cm³/mol. The van der Waals surface area contributed by atoms with Crippen molar-refractivity contribution in [1.82, 2.24) is 14.9 Å². The zero-order valence-electron chi connectivity index (χ0n) is 12.7. The predicted octanol–water partition coefficient (Wildman–Crippen LogP) is 2.20. The Morgan fingerprint density at radius 2 is 2.23 bits per heavy atom. The fraction of sp³-hybridized carbons (Fsp3) is 0.312. The summed E-state index contributed by atoms with van der Waals surface area (Å²) in [7, 11) is 0. The van der Waals surface area contributed by atoms with Gasteiger partial charge >= 0.3 is 0 Å². The Morgan fingerprint density at radius 1 is 1.50 bits per heavy atom. The molecule has 116 valence electrons. The Hall–Kier alpha value is -2.08. The van der Waals surface area contributed by atoms with Crippen LogP contribution in [-0.4, -0.2) is 27.3 Å². The van der Waals surface area contributed by atoms with E-state index in [1.807, 2.05) is 25.1 Å². The van der Waals surface area contributed by atoms with Crippen molar-refractivity contribution in [3.8, 4) is 0 Å². The van der Waals surface area contributed by atoms with E-state index in [9.17, 15) is 9.59 Å². The standard InChI is InChI=1S/C16H19N3O2S/c1-4-10-17-14(20)11(3)22-16-18-13-9-7-6-8-12(13)15(21)19(16)5-2/h4,6-9,11H,1,5,10H2,2-3H3,(H,17,20). The van der Waals surface area contributed by atoms with Crippen molar-refractivity contribution < 1.29 is 4.79 Å². The summed E-state index contributed by atoms with van der Waals surface area (Å²) in [6.45, 7) is 8.20. The first-order valence-electron chi connectivity index (χ1n) is 7.13. The van der Waals surface area contributed by atoms with Crippen LogP contribution in [0.3, 0.4) is 0 Å². The van der Waals surface area contributed by atoms with E-state index in [1.165, 1.54) is 11.8 Å². The van der Waals surface area contributed by atoms with Crippen LogP contribution in [0.4, 0.5) is 0 Å². The van der Waals surface area contributed by atoms with Gasteiger partial charge in [0.05, 0.1) is 16.2 Å². The normalized spacial score (nSPS) is 12.1. The van der Waals surface area contributed by atoms with Gasteiger partial charge in [-0.2, -0.15) is 0 Å². The fourth-order valence-electron chi connectivity index (χ4n) is 2.04. The quantitative estimate of drug-likeness (QED) is 0.504. The van der Waals surface area contributed by atoms with Crippen molar-refractivity contribution in [3.05, 3.63) is 47.3 Å². The lowest BCUT2D eigenvalue weighted by molar-refractivity contribution is -0.120. The Balaban J connectivity index is 2.36.